The Balaban J connectivity index is 1.41. The van der Waals surface area contributed by atoms with Gasteiger partial charge in [-0.2, -0.15) is 0 Å². The number of nitrogens with zero attached hydrogens (tertiary/aromatic N) is 2. The Hall–Kier alpha value is -3.34. The van der Waals surface area contributed by atoms with Crippen molar-refractivity contribution in [3.05, 3.63) is 64.8 Å². The number of methoxy groups -OCH3 is 2. The molecule has 206 valence electrons. The molecule has 2 aromatic carbocycles. The van der Waals surface area contributed by atoms with E-state index in [9.17, 15) is 9.90 Å². The molecule has 1 aliphatic heterocycles. The van der Waals surface area contributed by atoms with Crippen LogP contribution in [0.25, 0.3) is 10.9 Å². The summed E-state index contributed by atoms with van der Waals surface area (Å²) in [6, 6.07) is 12.6. The van der Waals surface area contributed by atoms with Crippen molar-refractivity contribution >= 4 is 28.5 Å². The second-order valence-corrected chi connectivity index (χ2v) is 10.4. The normalized spacial score (nSPS) is 18.3. The number of carboxylic acid groups (broad SMARTS) is 1. The van der Waals surface area contributed by atoms with E-state index in [0.717, 1.165) is 36.0 Å². The number of ether oxygens (including phenoxy) is 2. The number of piperidine rings is 1. The Bertz CT molecular complexity index is 1360. The minimum atomic E-state index is -1.14. The standard InChI is InChI=1S/C31H34ClFN2O4/c1-38-25-8-10-29-27(19-25)26(13-15-34-29)28(33)9-5-21-14-17-35(20-23(21)6-12-31(36)37)16-3-4-22-18-24(32)7-11-30(22)39-2/h7-8,10-11,13,15,18-19,21,23,28H,5-6,9,12,14,16-17,20H2,1-2H3,(H,36,37)/t21?,23?,28-/m0/s1. The topological polar surface area (TPSA) is 71.9 Å². The summed E-state index contributed by atoms with van der Waals surface area (Å²) < 4.78 is 26.3. The number of benzene rings is 2. The second-order valence-electron chi connectivity index (χ2n) is 9.95. The van der Waals surface area contributed by atoms with Crippen LogP contribution < -0.4 is 9.47 Å². The van der Waals surface area contributed by atoms with Gasteiger partial charge in [-0.3, -0.25) is 14.7 Å². The first-order valence-corrected chi connectivity index (χ1v) is 13.6. The molecule has 1 aliphatic rings. The molecule has 2 heterocycles. The number of hydrogen-bond donors (Lipinski definition) is 1. The zero-order valence-corrected chi connectivity index (χ0v) is 23.1. The summed E-state index contributed by atoms with van der Waals surface area (Å²) in [6.07, 6.45) is 3.12. The maximum Gasteiger partial charge on any atom is 0.303 e. The number of carboxylic acids is 1. The monoisotopic (exact) mass is 552 g/mol. The number of pyridine rings is 1. The summed E-state index contributed by atoms with van der Waals surface area (Å²) in [5.41, 5.74) is 2.09. The molecule has 8 heteroatoms. The average Bonchev–Trinajstić information content (AvgIpc) is 2.94. The van der Waals surface area contributed by atoms with Crippen LogP contribution in [0.5, 0.6) is 11.5 Å². The third kappa shape index (κ3) is 7.62. The maximum absolute atomic E-state index is 15.6. The fourth-order valence-corrected chi connectivity index (χ4v) is 5.57. The predicted octanol–water partition coefficient (Wildman–Crippen LogP) is 6.55. The molecule has 1 N–H and O–H groups in total. The smallest absolute Gasteiger partial charge is 0.303 e. The van der Waals surface area contributed by atoms with Gasteiger partial charge in [0.1, 0.15) is 17.7 Å². The fraction of sp³-hybridized carbons (Fsp3) is 0.419. The first kappa shape index (κ1) is 28.7. The van der Waals surface area contributed by atoms with Crippen LogP contribution in [0.1, 0.15) is 49.4 Å². The molecule has 1 fully saturated rings. The largest absolute Gasteiger partial charge is 0.497 e. The molecule has 3 aromatic rings. The number of aliphatic carboxylic acids is 1. The highest BCUT2D eigenvalue weighted by Crippen LogP contribution is 2.36. The van der Waals surface area contributed by atoms with Crippen LogP contribution in [0.15, 0.2) is 48.7 Å². The van der Waals surface area contributed by atoms with E-state index in [1.54, 1.807) is 44.7 Å². The Labute approximate surface area is 234 Å². The van der Waals surface area contributed by atoms with Gasteiger partial charge in [-0.05, 0) is 92.1 Å². The molecule has 4 rings (SSSR count). The van der Waals surface area contributed by atoms with Crippen molar-refractivity contribution in [2.24, 2.45) is 11.8 Å². The lowest BCUT2D eigenvalue weighted by Gasteiger charge is -2.38. The van der Waals surface area contributed by atoms with Gasteiger partial charge < -0.3 is 14.6 Å². The van der Waals surface area contributed by atoms with Gasteiger partial charge in [0, 0.05) is 29.6 Å². The van der Waals surface area contributed by atoms with Crippen LogP contribution in [-0.4, -0.2) is 54.8 Å². The SMILES string of the molecule is COc1ccc2nccc([C@@H](F)CCC3CCN(CC#Cc4cc(Cl)ccc4OC)CC3CCC(=O)O)c2c1. The van der Waals surface area contributed by atoms with Crippen LogP contribution in [0, 0.1) is 23.7 Å². The minimum Gasteiger partial charge on any atom is -0.497 e. The number of rotatable bonds is 10. The van der Waals surface area contributed by atoms with Gasteiger partial charge in [0.05, 0.1) is 31.8 Å². The second kappa shape index (κ2) is 13.6. The predicted molar refractivity (Wildman–Crippen MR) is 151 cm³/mol. The van der Waals surface area contributed by atoms with Crippen LogP contribution in [0.2, 0.25) is 5.02 Å². The highest BCUT2D eigenvalue weighted by atomic mass is 35.5. The quantitative estimate of drug-likeness (QED) is 0.288. The van der Waals surface area contributed by atoms with E-state index in [1.807, 2.05) is 18.2 Å². The fourth-order valence-electron chi connectivity index (χ4n) is 5.40. The lowest BCUT2D eigenvalue weighted by atomic mass is 9.79. The Morgan fingerprint density at radius 2 is 2.03 bits per heavy atom. The van der Waals surface area contributed by atoms with E-state index in [4.69, 9.17) is 21.1 Å². The zero-order chi connectivity index (χ0) is 27.8. The van der Waals surface area contributed by atoms with Crippen molar-refractivity contribution in [3.8, 4) is 23.3 Å². The van der Waals surface area contributed by atoms with E-state index in [2.05, 4.69) is 21.7 Å². The van der Waals surface area contributed by atoms with Gasteiger partial charge in [0.15, 0.2) is 0 Å². The molecule has 2 unspecified atom stereocenters. The summed E-state index contributed by atoms with van der Waals surface area (Å²) in [4.78, 5) is 18.0. The maximum atomic E-state index is 15.6. The van der Waals surface area contributed by atoms with E-state index in [1.165, 1.54) is 0 Å². The summed E-state index contributed by atoms with van der Waals surface area (Å²) in [7, 11) is 3.19. The van der Waals surface area contributed by atoms with Crippen LogP contribution in [-0.2, 0) is 4.79 Å². The molecule has 1 saturated heterocycles. The van der Waals surface area contributed by atoms with Gasteiger partial charge in [-0.25, -0.2) is 4.39 Å². The van der Waals surface area contributed by atoms with Gasteiger partial charge in [0.2, 0.25) is 0 Å². The molecule has 6 nitrogen and oxygen atoms in total. The molecule has 0 aliphatic carbocycles. The van der Waals surface area contributed by atoms with Gasteiger partial charge in [-0.1, -0.05) is 23.4 Å². The first-order chi connectivity index (χ1) is 18.9. The molecular weight excluding hydrogens is 519 g/mol. The Morgan fingerprint density at radius 1 is 1.18 bits per heavy atom. The van der Waals surface area contributed by atoms with E-state index >= 15 is 4.39 Å². The van der Waals surface area contributed by atoms with Crippen LogP contribution in [0.3, 0.4) is 0 Å². The van der Waals surface area contributed by atoms with E-state index in [0.29, 0.717) is 47.9 Å². The number of halogens is 2. The lowest BCUT2D eigenvalue weighted by Crippen LogP contribution is -2.41. The van der Waals surface area contributed by atoms with Crippen LogP contribution >= 0.6 is 11.6 Å². The Kier molecular flexibility index (Phi) is 10.0. The van der Waals surface area contributed by atoms with Crippen molar-refractivity contribution in [3.63, 3.8) is 0 Å². The molecular formula is C31H34ClFN2O4. The minimum absolute atomic E-state index is 0.105. The first-order valence-electron chi connectivity index (χ1n) is 13.2. The van der Waals surface area contributed by atoms with E-state index in [-0.39, 0.29) is 18.3 Å². The zero-order valence-electron chi connectivity index (χ0n) is 22.3. The number of likely N-dealkylation sites (tertiary alicyclic amines) is 1. The van der Waals surface area contributed by atoms with Crippen molar-refractivity contribution in [2.45, 2.75) is 38.3 Å². The number of carbonyl (C=O) groups is 1. The third-order valence-electron chi connectivity index (χ3n) is 7.50. The van der Waals surface area contributed by atoms with Crippen LogP contribution in [0.4, 0.5) is 4.39 Å². The number of alkyl halides is 1. The van der Waals surface area contributed by atoms with Crippen molar-refractivity contribution in [1.29, 1.82) is 0 Å². The molecule has 0 bridgehead atoms. The summed E-state index contributed by atoms with van der Waals surface area (Å²) in [5, 5.41) is 10.7. The Morgan fingerprint density at radius 3 is 2.79 bits per heavy atom. The average molecular weight is 553 g/mol. The molecule has 39 heavy (non-hydrogen) atoms. The molecule has 0 saturated carbocycles. The van der Waals surface area contributed by atoms with Gasteiger partial charge >= 0.3 is 5.97 Å². The molecule has 0 amide bonds. The number of aromatic nitrogens is 1. The summed E-state index contributed by atoms with van der Waals surface area (Å²) >= 11 is 6.11. The molecule has 0 radical (unpaired) electrons. The highest BCUT2D eigenvalue weighted by molar-refractivity contribution is 6.30. The van der Waals surface area contributed by atoms with Crippen molar-refractivity contribution in [2.75, 3.05) is 33.9 Å². The lowest BCUT2D eigenvalue weighted by molar-refractivity contribution is -0.137. The van der Waals surface area contributed by atoms with Gasteiger partial charge in [-0.15, -0.1) is 0 Å². The molecule has 0 spiro atoms. The number of fused-ring (bicyclic) bond motifs is 1. The molecule has 3 atom stereocenters. The third-order valence-corrected chi connectivity index (χ3v) is 7.74. The summed E-state index contributed by atoms with van der Waals surface area (Å²) in [5.74, 6) is 7.32. The summed E-state index contributed by atoms with van der Waals surface area (Å²) in [6.45, 7) is 2.14. The van der Waals surface area contributed by atoms with Gasteiger partial charge in [0.25, 0.3) is 0 Å². The number of hydrogen-bond acceptors (Lipinski definition) is 5. The van der Waals surface area contributed by atoms with Crippen molar-refractivity contribution < 1.29 is 23.8 Å². The van der Waals surface area contributed by atoms with Crippen molar-refractivity contribution in [1.82, 2.24) is 9.88 Å². The molecule has 1 aromatic heterocycles. The highest BCUT2D eigenvalue weighted by Gasteiger charge is 2.30. The van der Waals surface area contributed by atoms with E-state index < -0.39 is 12.1 Å².